The molecule has 0 aromatic heterocycles. The topological polar surface area (TPSA) is 50.4 Å². The van der Waals surface area contributed by atoms with E-state index in [1.54, 1.807) is 7.11 Å². The van der Waals surface area contributed by atoms with Gasteiger partial charge in [0.1, 0.15) is 0 Å². The summed E-state index contributed by atoms with van der Waals surface area (Å²) in [7, 11) is 1.68. The van der Waals surface area contributed by atoms with Crippen molar-refractivity contribution in [2.24, 2.45) is 0 Å². The molecule has 4 nitrogen and oxygen atoms in total. The standard InChI is InChI=1S/C19H22N2O2/c1-23-13-15-7-3-2-6-14(15)12-21-19(22)17-8-4-10-18-16(17)9-5-11-20-18/h2-4,6-8,10,20H,5,9,11-13H2,1H3,(H,21,22). The molecule has 2 aromatic carbocycles. The second-order valence-corrected chi connectivity index (χ2v) is 5.75. The zero-order valence-electron chi connectivity index (χ0n) is 13.4. The summed E-state index contributed by atoms with van der Waals surface area (Å²) in [6.45, 7) is 2.04. The first-order valence-electron chi connectivity index (χ1n) is 7.99. The van der Waals surface area contributed by atoms with Gasteiger partial charge in [-0.15, -0.1) is 0 Å². The molecule has 23 heavy (non-hydrogen) atoms. The van der Waals surface area contributed by atoms with E-state index in [1.807, 2.05) is 42.5 Å². The average molecular weight is 310 g/mol. The number of amides is 1. The van der Waals surface area contributed by atoms with Crippen molar-refractivity contribution in [2.75, 3.05) is 19.0 Å². The highest BCUT2D eigenvalue weighted by Gasteiger charge is 2.17. The molecule has 120 valence electrons. The fourth-order valence-corrected chi connectivity index (χ4v) is 3.02. The largest absolute Gasteiger partial charge is 0.385 e. The van der Waals surface area contributed by atoms with Gasteiger partial charge >= 0.3 is 0 Å². The maximum Gasteiger partial charge on any atom is 0.251 e. The van der Waals surface area contributed by atoms with Gasteiger partial charge in [-0.3, -0.25) is 4.79 Å². The van der Waals surface area contributed by atoms with E-state index in [2.05, 4.69) is 10.6 Å². The molecule has 0 radical (unpaired) electrons. The van der Waals surface area contributed by atoms with Crippen LogP contribution in [0, 0.1) is 0 Å². The van der Waals surface area contributed by atoms with E-state index in [0.29, 0.717) is 13.2 Å². The van der Waals surface area contributed by atoms with Crippen LogP contribution in [0.15, 0.2) is 42.5 Å². The molecule has 0 aliphatic carbocycles. The third-order valence-corrected chi connectivity index (χ3v) is 4.20. The van der Waals surface area contributed by atoms with Crippen molar-refractivity contribution < 1.29 is 9.53 Å². The minimum absolute atomic E-state index is 0.0160. The van der Waals surface area contributed by atoms with E-state index in [4.69, 9.17) is 4.74 Å². The van der Waals surface area contributed by atoms with E-state index in [9.17, 15) is 4.79 Å². The number of anilines is 1. The van der Waals surface area contributed by atoms with Gasteiger partial charge in [-0.05, 0) is 41.7 Å². The zero-order valence-corrected chi connectivity index (χ0v) is 13.4. The Kier molecular flexibility index (Phi) is 4.93. The number of nitrogens with one attached hydrogen (secondary N) is 2. The van der Waals surface area contributed by atoms with Crippen molar-refractivity contribution in [1.82, 2.24) is 5.32 Å². The molecule has 2 aromatic rings. The normalized spacial score (nSPS) is 13.1. The molecule has 0 saturated heterocycles. The molecule has 0 spiro atoms. The molecule has 2 N–H and O–H groups in total. The van der Waals surface area contributed by atoms with Crippen LogP contribution in [-0.4, -0.2) is 19.6 Å². The summed E-state index contributed by atoms with van der Waals surface area (Å²) in [4.78, 5) is 12.6. The average Bonchev–Trinajstić information content (AvgIpc) is 2.60. The fraction of sp³-hybridized carbons (Fsp3) is 0.316. The Balaban J connectivity index is 1.73. The van der Waals surface area contributed by atoms with Crippen molar-refractivity contribution in [3.8, 4) is 0 Å². The summed E-state index contributed by atoms with van der Waals surface area (Å²) in [5, 5.41) is 6.40. The molecule has 1 amide bonds. The van der Waals surface area contributed by atoms with Crippen LogP contribution in [0.5, 0.6) is 0 Å². The lowest BCUT2D eigenvalue weighted by atomic mass is 9.97. The van der Waals surface area contributed by atoms with Crippen LogP contribution >= 0.6 is 0 Å². The van der Waals surface area contributed by atoms with Gasteiger partial charge in [-0.1, -0.05) is 30.3 Å². The van der Waals surface area contributed by atoms with Gasteiger partial charge in [0.15, 0.2) is 0 Å². The smallest absolute Gasteiger partial charge is 0.251 e. The monoisotopic (exact) mass is 310 g/mol. The summed E-state index contributed by atoms with van der Waals surface area (Å²) in [5.74, 6) is -0.0160. The van der Waals surface area contributed by atoms with Crippen molar-refractivity contribution in [1.29, 1.82) is 0 Å². The molecule has 0 unspecified atom stereocenters. The van der Waals surface area contributed by atoms with Crippen molar-refractivity contribution in [3.05, 3.63) is 64.7 Å². The van der Waals surface area contributed by atoms with E-state index in [1.165, 1.54) is 0 Å². The van der Waals surface area contributed by atoms with E-state index < -0.39 is 0 Å². The Hall–Kier alpha value is -2.33. The molecule has 1 aliphatic rings. The molecule has 1 aliphatic heterocycles. The van der Waals surface area contributed by atoms with E-state index in [-0.39, 0.29) is 5.91 Å². The molecule has 1 heterocycles. The number of methoxy groups -OCH3 is 1. The lowest BCUT2D eigenvalue weighted by molar-refractivity contribution is 0.0949. The zero-order chi connectivity index (χ0) is 16.1. The second kappa shape index (κ2) is 7.29. The number of hydrogen-bond acceptors (Lipinski definition) is 3. The summed E-state index contributed by atoms with van der Waals surface area (Å²) in [6.07, 6.45) is 2.01. The summed E-state index contributed by atoms with van der Waals surface area (Å²) >= 11 is 0. The quantitative estimate of drug-likeness (QED) is 0.892. The highest BCUT2D eigenvalue weighted by Crippen LogP contribution is 2.25. The number of carbonyl (C=O) groups is 1. The van der Waals surface area contributed by atoms with E-state index >= 15 is 0 Å². The van der Waals surface area contributed by atoms with Crippen LogP contribution in [0.3, 0.4) is 0 Å². The van der Waals surface area contributed by atoms with Gasteiger partial charge in [0, 0.05) is 31.5 Å². The lowest BCUT2D eigenvalue weighted by Crippen LogP contribution is -2.26. The van der Waals surface area contributed by atoms with Crippen LogP contribution in [0.1, 0.15) is 33.5 Å². The van der Waals surface area contributed by atoms with Crippen LogP contribution < -0.4 is 10.6 Å². The first kappa shape index (κ1) is 15.6. The highest BCUT2D eigenvalue weighted by atomic mass is 16.5. The van der Waals surface area contributed by atoms with Crippen LogP contribution in [-0.2, 0) is 24.3 Å². The molecular formula is C19H22N2O2. The summed E-state index contributed by atoms with van der Waals surface area (Å²) in [6, 6.07) is 13.9. The second-order valence-electron chi connectivity index (χ2n) is 5.75. The van der Waals surface area contributed by atoms with Crippen molar-refractivity contribution in [2.45, 2.75) is 26.0 Å². The number of benzene rings is 2. The number of ether oxygens (including phenoxy) is 1. The molecule has 0 bridgehead atoms. The fourth-order valence-electron chi connectivity index (χ4n) is 3.02. The van der Waals surface area contributed by atoms with Gasteiger partial charge in [0.25, 0.3) is 5.91 Å². The molecule has 0 saturated carbocycles. The first-order chi connectivity index (χ1) is 11.3. The van der Waals surface area contributed by atoms with Crippen molar-refractivity contribution >= 4 is 11.6 Å². The Bertz CT molecular complexity index is 698. The Morgan fingerprint density at radius 1 is 1.17 bits per heavy atom. The Labute approximate surface area is 136 Å². The molecule has 3 rings (SSSR count). The highest BCUT2D eigenvalue weighted by molar-refractivity contribution is 5.97. The minimum atomic E-state index is -0.0160. The predicted octanol–water partition coefficient (Wildman–Crippen LogP) is 3.12. The lowest BCUT2D eigenvalue weighted by Gasteiger charge is -2.20. The maximum absolute atomic E-state index is 12.6. The number of rotatable bonds is 5. The van der Waals surface area contributed by atoms with Gasteiger partial charge in [-0.2, -0.15) is 0 Å². The van der Waals surface area contributed by atoms with Crippen LogP contribution in [0.4, 0.5) is 5.69 Å². The summed E-state index contributed by atoms with van der Waals surface area (Å²) in [5.41, 5.74) is 5.18. The molecule has 4 heteroatoms. The maximum atomic E-state index is 12.6. The number of carbonyl (C=O) groups excluding carboxylic acids is 1. The van der Waals surface area contributed by atoms with Gasteiger partial charge in [0.2, 0.25) is 0 Å². The molecule has 0 atom stereocenters. The first-order valence-corrected chi connectivity index (χ1v) is 7.99. The predicted molar refractivity (Wildman–Crippen MR) is 91.6 cm³/mol. The Morgan fingerprint density at radius 3 is 2.83 bits per heavy atom. The molecule has 0 fully saturated rings. The minimum Gasteiger partial charge on any atom is -0.385 e. The van der Waals surface area contributed by atoms with Gasteiger partial charge < -0.3 is 15.4 Å². The number of fused-ring (bicyclic) bond motifs is 1. The van der Waals surface area contributed by atoms with Crippen LogP contribution in [0.25, 0.3) is 0 Å². The van der Waals surface area contributed by atoms with Crippen molar-refractivity contribution in [3.63, 3.8) is 0 Å². The van der Waals surface area contributed by atoms with Gasteiger partial charge in [-0.25, -0.2) is 0 Å². The van der Waals surface area contributed by atoms with Gasteiger partial charge in [0.05, 0.1) is 6.61 Å². The SMILES string of the molecule is COCc1ccccc1CNC(=O)c1cccc2c1CCCN2. The summed E-state index contributed by atoms with van der Waals surface area (Å²) < 4.78 is 5.21. The molecular weight excluding hydrogens is 288 g/mol. The Morgan fingerprint density at radius 2 is 2.00 bits per heavy atom. The van der Waals surface area contributed by atoms with Crippen LogP contribution in [0.2, 0.25) is 0 Å². The third-order valence-electron chi connectivity index (χ3n) is 4.20. The van der Waals surface area contributed by atoms with E-state index in [0.717, 1.165) is 47.3 Å². The number of hydrogen-bond donors (Lipinski definition) is 2. The third kappa shape index (κ3) is 3.54.